The molecule has 2 saturated heterocycles. The molecular formula is C28H28N6OS. The summed E-state index contributed by atoms with van der Waals surface area (Å²) >= 11 is 5.92. The smallest absolute Gasteiger partial charge is 0.174 e. The van der Waals surface area contributed by atoms with Gasteiger partial charge in [-0.1, -0.05) is 12.1 Å². The van der Waals surface area contributed by atoms with E-state index in [0.717, 1.165) is 49.1 Å². The summed E-state index contributed by atoms with van der Waals surface area (Å²) in [6.07, 6.45) is 5.79. The van der Waals surface area contributed by atoms with Crippen molar-refractivity contribution < 1.29 is 4.74 Å². The van der Waals surface area contributed by atoms with Gasteiger partial charge in [-0.3, -0.25) is 9.97 Å². The average molecular weight is 497 g/mol. The van der Waals surface area contributed by atoms with E-state index in [9.17, 15) is 0 Å². The van der Waals surface area contributed by atoms with E-state index in [1.807, 2.05) is 36.7 Å². The van der Waals surface area contributed by atoms with Gasteiger partial charge in [0.25, 0.3) is 0 Å². The highest BCUT2D eigenvalue weighted by molar-refractivity contribution is 7.80. The van der Waals surface area contributed by atoms with E-state index < -0.39 is 0 Å². The Hall–Kier alpha value is -3.75. The minimum Gasteiger partial charge on any atom is -0.378 e. The first-order chi connectivity index (χ1) is 17.8. The van der Waals surface area contributed by atoms with Crippen LogP contribution in [0, 0.1) is 0 Å². The van der Waals surface area contributed by atoms with Crippen LogP contribution in [0.1, 0.15) is 29.2 Å². The topological polar surface area (TPSA) is 58.5 Å². The monoisotopic (exact) mass is 496 g/mol. The SMILES string of the molecule is S=C1N[C@H](c2ccccn2)[C@H](c2cccn2Cc2ccccn2)N1c1ccc(N2CCOCC2)cc1. The van der Waals surface area contributed by atoms with Crippen molar-refractivity contribution in [2.45, 2.75) is 18.6 Å². The van der Waals surface area contributed by atoms with E-state index >= 15 is 0 Å². The summed E-state index contributed by atoms with van der Waals surface area (Å²) in [6.45, 7) is 4.04. The number of anilines is 2. The number of hydrogen-bond donors (Lipinski definition) is 1. The maximum absolute atomic E-state index is 5.92. The Labute approximate surface area is 216 Å². The summed E-state index contributed by atoms with van der Waals surface area (Å²) in [5, 5.41) is 4.26. The molecule has 0 radical (unpaired) electrons. The number of benzene rings is 1. The fraction of sp³-hybridized carbons (Fsp3) is 0.250. The van der Waals surface area contributed by atoms with E-state index in [-0.39, 0.29) is 12.1 Å². The van der Waals surface area contributed by atoms with Gasteiger partial charge in [-0.25, -0.2) is 0 Å². The van der Waals surface area contributed by atoms with Crippen LogP contribution in [0.4, 0.5) is 11.4 Å². The molecule has 3 aromatic heterocycles. The molecular weight excluding hydrogens is 468 g/mol. The first-order valence-electron chi connectivity index (χ1n) is 12.3. The Morgan fingerprint density at radius 3 is 2.33 bits per heavy atom. The molecule has 1 aromatic carbocycles. The predicted molar refractivity (Wildman–Crippen MR) is 145 cm³/mol. The first-order valence-corrected chi connectivity index (χ1v) is 12.7. The van der Waals surface area contributed by atoms with Crippen LogP contribution < -0.4 is 15.1 Å². The highest BCUT2D eigenvalue weighted by Crippen LogP contribution is 2.42. The Morgan fingerprint density at radius 2 is 1.61 bits per heavy atom. The molecule has 5 heterocycles. The van der Waals surface area contributed by atoms with E-state index in [2.05, 4.69) is 84.4 Å². The molecule has 7 nitrogen and oxygen atoms in total. The van der Waals surface area contributed by atoms with Gasteiger partial charge in [-0.05, 0) is 72.9 Å². The summed E-state index contributed by atoms with van der Waals surface area (Å²) in [6, 6.07) is 24.9. The van der Waals surface area contributed by atoms with Crippen molar-refractivity contribution in [1.29, 1.82) is 0 Å². The van der Waals surface area contributed by atoms with Gasteiger partial charge in [0.15, 0.2) is 5.11 Å². The molecule has 0 bridgehead atoms. The van der Waals surface area contributed by atoms with Crippen LogP contribution in [0.3, 0.4) is 0 Å². The van der Waals surface area contributed by atoms with E-state index in [1.165, 1.54) is 5.69 Å². The van der Waals surface area contributed by atoms with Crippen molar-refractivity contribution >= 4 is 28.7 Å². The van der Waals surface area contributed by atoms with Gasteiger partial charge < -0.3 is 24.4 Å². The van der Waals surface area contributed by atoms with Crippen LogP contribution in [0.5, 0.6) is 0 Å². The fourth-order valence-corrected chi connectivity index (χ4v) is 5.43. The molecule has 4 aromatic rings. The Bertz CT molecular complexity index is 1300. The molecule has 2 fully saturated rings. The van der Waals surface area contributed by atoms with Crippen molar-refractivity contribution in [3.8, 4) is 0 Å². The van der Waals surface area contributed by atoms with Crippen LogP contribution in [-0.4, -0.2) is 46.0 Å². The minimum absolute atomic E-state index is 0.0691. The number of nitrogens with zero attached hydrogens (tertiary/aromatic N) is 5. The van der Waals surface area contributed by atoms with Crippen molar-refractivity contribution in [2.75, 3.05) is 36.1 Å². The lowest BCUT2D eigenvalue weighted by molar-refractivity contribution is 0.122. The highest BCUT2D eigenvalue weighted by Gasteiger charge is 2.42. The van der Waals surface area contributed by atoms with Crippen molar-refractivity contribution in [2.24, 2.45) is 0 Å². The third-order valence-corrected chi connectivity index (χ3v) is 7.14. The van der Waals surface area contributed by atoms with Crippen molar-refractivity contribution in [3.63, 3.8) is 0 Å². The van der Waals surface area contributed by atoms with Crippen LogP contribution >= 0.6 is 12.2 Å². The van der Waals surface area contributed by atoms with Crippen molar-refractivity contribution in [3.05, 3.63) is 108 Å². The molecule has 8 heteroatoms. The van der Waals surface area contributed by atoms with Gasteiger partial charge in [0.2, 0.25) is 0 Å². The van der Waals surface area contributed by atoms with Crippen LogP contribution in [0.15, 0.2) is 91.4 Å². The normalized spacial score (nSPS) is 19.9. The number of thiocarbonyl (C=S) groups is 1. The Morgan fingerprint density at radius 1 is 0.861 bits per heavy atom. The number of morpholine rings is 1. The first kappa shape index (κ1) is 22.7. The molecule has 0 spiro atoms. The van der Waals surface area contributed by atoms with Crippen LogP contribution in [0.25, 0.3) is 0 Å². The molecule has 6 rings (SSSR count). The van der Waals surface area contributed by atoms with Crippen LogP contribution in [-0.2, 0) is 11.3 Å². The second-order valence-electron chi connectivity index (χ2n) is 8.99. The number of hydrogen-bond acceptors (Lipinski definition) is 5. The number of nitrogens with one attached hydrogen (secondary N) is 1. The zero-order chi connectivity index (χ0) is 24.3. The molecule has 0 aliphatic carbocycles. The second-order valence-corrected chi connectivity index (χ2v) is 9.38. The zero-order valence-corrected chi connectivity index (χ0v) is 20.7. The lowest BCUT2D eigenvalue weighted by Gasteiger charge is -2.31. The quantitative estimate of drug-likeness (QED) is 0.399. The third kappa shape index (κ3) is 4.45. The molecule has 182 valence electrons. The van der Waals surface area contributed by atoms with Gasteiger partial charge in [-0.15, -0.1) is 0 Å². The molecule has 0 unspecified atom stereocenters. The lowest BCUT2D eigenvalue weighted by atomic mass is 10.0. The lowest BCUT2D eigenvalue weighted by Crippen LogP contribution is -2.36. The van der Waals surface area contributed by atoms with E-state index in [4.69, 9.17) is 17.0 Å². The summed E-state index contributed by atoms with van der Waals surface area (Å²) in [4.78, 5) is 13.8. The third-order valence-electron chi connectivity index (χ3n) is 6.83. The standard InChI is InChI=1S/C28H28N6OS/c36-28-31-26(24-7-2-4-14-30-24)27(25-8-5-15-33(25)20-21-6-1-3-13-29-21)34(28)23-11-9-22(10-12-23)32-16-18-35-19-17-32/h1-15,26-27H,16-20H2,(H,31,36)/t26-,27+/m1/s1. The molecule has 36 heavy (non-hydrogen) atoms. The highest BCUT2D eigenvalue weighted by atomic mass is 32.1. The largest absolute Gasteiger partial charge is 0.378 e. The minimum atomic E-state index is -0.0880. The second kappa shape index (κ2) is 10.1. The molecule has 1 N–H and O–H groups in total. The van der Waals surface area contributed by atoms with Crippen LogP contribution in [0.2, 0.25) is 0 Å². The molecule has 2 aliphatic rings. The van der Waals surface area contributed by atoms with Crippen molar-refractivity contribution in [1.82, 2.24) is 19.9 Å². The van der Waals surface area contributed by atoms with Gasteiger partial charge in [0.1, 0.15) is 6.04 Å². The number of aromatic nitrogens is 3. The van der Waals surface area contributed by atoms with Gasteiger partial charge in [-0.2, -0.15) is 0 Å². The Kier molecular flexibility index (Phi) is 6.36. The van der Waals surface area contributed by atoms with Gasteiger partial charge in [0, 0.05) is 48.7 Å². The summed E-state index contributed by atoms with van der Waals surface area (Å²) in [5.41, 5.74) is 5.39. The average Bonchev–Trinajstić information content (AvgIpc) is 3.53. The van der Waals surface area contributed by atoms with E-state index in [0.29, 0.717) is 11.7 Å². The molecule has 0 amide bonds. The van der Waals surface area contributed by atoms with E-state index in [1.54, 1.807) is 0 Å². The number of pyridine rings is 2. The number of ether oxygens (including phenoxy) is 1. The summed E-state index contributed by atoms with van der Waals surface area (Å²) in [7, 11) is 0. The molecule has 2 atom stereocenters. The van der Waals surface area contributed by atoms with Gasteiger partial charge in [0.05, 0.1) is 37.2 Å². The summed E-state index contributed by atoms with van der Waals surface area (Å²) < 4.78 is 7.77. The maximum atomic E-state index is 5.92. The maximum Gasteiger partial charge on any atom is 0.174 e. The fourth-order valence-electron chi connectivity index (χ4n) is 5.08. The van der Waals surface area contributed by atoms with Gasteiger partial charge >= 0.3 is 0 Å². The summed E-state index contributed by atoms with van der Waals surface area (Å²) in [5.74, 6) is 0. The number of rotatable bonds is 6. The zero-order valence-electron chi connectivity index (χ0n) is 19.9. The molecule has 2 aliphatic heterocycles. The molecule has 0 saturated carbocycles. The Balaban J connectivity index is 1.37. The predicted octanol–water partition coefficient (Wildman–Crippen LogP) is 4.34.